The summed E-state index contributed by atoms with van der Waals surface area (Å²) in [6.45, 7) is 4.39. The number of unbranched alkanes of at least 4 members (excludes halogenated alkanes) is 3. The summed E-state index contributed by atoms with van der Waals surface area (Å²) in [7, 11) is 0. The third kappa shape index (κ3) is 5.57. The first kappa shape index (κ1) is 13.6. The number of hydrogen-bond acceptors (Lipinski definition) is 2. The first-order valence-electron chi connectivity index (χ1n) is 6.20. The highest BCUT2D eigenvalue weighted by atomic mass is 32.2. The summed E-state index contributed by atoms with van der Waals surface area (Å²) in [5.74, 6) is 0. The highest BCUT2D eigenvalue weighted by molar-refractivity contribution is 7.98. The maximum Gasteiger partial charge on any atom is 0.0205 e. The minimum absolute atomic E-state index is 1.00. The van der Waals surface area contributed by atoms with E-state index in [1.807, 2.05) is 0 Å². The second kappa shape index (κ2) is 8.66. The zero-order valence-electron chi connectivity index (χ0n) is 10.5. The van der Waals surface area contributed by atoms with Gasteiger partial charge in [0, 0.05) is 11.4 Å². The Morgan fingerprint density at radius 3 is 2.44 bits per heavy atom. The Morgan fingerprint density at radius 2 is 1.81 bits per heavy atom. The Hall–Kier alpha value is -0.470. The van der Waals surface area contributed by atoms with E-state index < -0.39 is 0 Å². The van der Waals surface area contributed by atoms with Crippen LogP contribution in [0, 0.1) is 0 Å². The Kier molecular flexibility index (Phi) is 7.35. The average molecular weight is 237 g/mol. The Bertz CT molecular complexity index is 269. The van der Waals surface area contributed by atoms with Gasteiger partial charge in [0.1, 0.15) is 0 Å². The third-order valence-corrected chi connectivity index (χ3v) is 3.44. The van der Waals surface area contributed by atoms with Crippen LogP contribution in [0.2, 0.25) is 0 Å². The Morgan fingerprint density at radius 1 is 1.06 bits per heavy atom. The molecule has 0 atom stereocenters. The summed E-state index contributed by atoms with van der Waals surface area (Å²) in [6, 6.07) is 8.81. The minimum atomic E-state index is 1.00. The molecule has 2 heteroatoms. The van der Waals surface area contributed by atoms with Gasteiger partial charge in [-0.25, -0.2) is 0 Å². The molecule has 16 heavy (non-hydrogen) atoms. The van der Waals surface area contributed by atoms with Gasteiger partial charge >= 0.3 is 0 Å². The summed E-state index contributed by atoms with van der Waals surface area (Å²) in [5.41, 5.74) is 1.38. The van der Waals surface area contributed by atoms with Gasteiger partial charge in [0.15, 0.2) is 0 Å². The third-order valence-electron chi connectivity index (χ3n) is 2.70. The van der Waals surface area contributed by atoms with Crippen molar-refractivity contribution < 1.29 is 0 Å². The zero-order chi connectivity index (χ0) is 11.6. The van der Waals surface area contributed by atoms with E-state index in [1.165, 1.54) is 36.1 Å². The summed E-state index contributed by atoms with van der Waals surface area (Å²) in [4.78, 5) is 1.34. The van der Waals surface area contributed by atoms with Gasteiger partial charge in [0.2, 0.25) is 0 Å². The van der Waals surface area contributed by atoms with Crippen molar-refractivity contribution in [2.45, 2.75) is 44.0 Å². The molecule has 0 spiro atoms. The van der Waals surface area contributed by atoms with Crippen molar-refractivity contribution in [3.63, 3.8) is 0 Å². The molecule has 0 radical (unpaired) electrons. The predicted octanol–water partition coefficient (Wildman–Crippen LogP) is 4.08. The van der Waals surface area contributed by atoms with Gasteiger partial charge < -0.3 is 5.32 Å². The van der Waals surface area contributed by atoms with E-state index in [2.05, 4.69) is 42.8 Å². The fraction of sp³-hybridized carbons (Fsp3) is 0.571. The molecule has 0 aliphatic heterocycles. The van der Waals surface area contributed by atoms with Crippen molar-refractivity contribution in [1.29, 1.82) is 0 Å². The second-order valence-electron chi connectivity index (χ2n) is 4.09. The number of rotatable bonds is 8. The van der Waals surface area contributed by atoms with E-state index in [1.54, 1.807) is 11.8 Å². The van der Waals surface area contributed by atoms with Crippen LogP contribution in [0.15, 0.2) is 29.2 Å². The summed E-state index contributed by atoms with van der Waals surface area (Å²) >= 11 is 1.79. The molecular weight excluding hydrogens is 214 g/mol. The van der Waals surface area contributed by atoms with Crippen LogP contribution in [0.4, 0.5) is 0 Å². The highest BCUT2D eigenvalue weighted by Crippen LogP contribution is 2.14. The quantitative estimate of drug-likeness (QED) is 0.540. The van der Waals surface area contributed by atoms with E-state index in [9.17, 15) is 0 Å². The molecule has 0 saturated heterocycles. The molecule has 0 heterocycles. The Labute approximate surface area is 104 Å². The van der Waals surface area contributed by atoms with Crippen molar-refractivity contribution >= 4 is 11.8 Å². The summed E-state index contributed by atoms with van der Waals surface area (Å²) in [5, 5.41) is 3.49. The monoisotopic (exact) mass is 237 g/mol. The van der Waals surface area contributed by atoms with E-state index in [4.69, 9.17) is 0 Å². The maximum absolute atomic E-state index is 3.49. The van der Waals surface area contributed by atoms with E-state index in [-0.39, 0.29) is 0 Å². The first-order valence-corrected chi connectivity index (χ1v) is 7.43. The molecule has 0 amide bonds. The lowest BCUT2D eigenvalue weighted by molar-refractivity contribution is 0.598. The molecule has 0 unspecified atom stereocenters. The SMILES string of the molecule is CCCCCCNCc1ccc(SC)cc1. The van der Waals surface area contributed by atoms with Crippen molar-refractivity contribution in [2.24, 2.45) is 0 Å². The molecule has 1 rings (SSSR count). The largest absolute Gasteiger partial charge is 0.313 e. The normalized spacial score (nSPS) is 10.6. The molecule has 1 aromatic rings. The lowest BCUT2D eigenvalue weighted by Gasteiger charge is -2.05. The molecule has 1 aromatic carbocycles. The molecule has 0 bridgehead atoms. The average Bonchev–Trinajstić information content (AvgIpc) is 2.34. The molecule has 0 aromatic heterocycles. The van der Waals surface area contributed by atoms with Crippen LogP contribution < -0.4 is 5.32 Å². The lowest BCUT2D eigenvalue weighted by Crippen LogP contribution is -2.14. The maximum atomic E-state index is 3.49. The van der Waals surface area contributed by atoms with Gasteiger partial charge in [0.25, 0.3) is 0 Å². The van der Waals surface area contributed by atoms with Gasteiger partial charge in [-0.3, -0.25) is 0 Å². The molecule has 0 fully saturated rings. The molecule has 1 N–H and O–H groups in total. The molecular formula is C14H23NS. The topological polar surface area (TPSA) is 12.0 Å². The van der Waals surface area contributed by atoms with Gasteiger partial charge in [-0.15, -0.1) is 11.8 Å². The summed E-state index contributed by atoms with van der Waals surface area (Å²) < 4.78 is 0. The van der Waals surface area contributed by atoms with Crippen LogP contribution in [-0.4, -0.2) is 12.8 Å². The van der Waals surface area contributed by atoms with Gasteiger partial charge in [-0.2, -0.15) is 0 Å². The van der Waals surface area contributed by atoms with Crippen molar-refractivity contribution in [2.75, 3.05) is 12.8 Å². The number of benzene rings is 1. The van der Waals surface area contributed by atoms with Gasteiger partial charge in [0.05, 0.1) is 0 Å². The Balaban J connectivity index is 2.12. The van der Waals surface area contributed by atoms with Gasteiger partial charge in [-0.05, 0) is 36.9 Å². The van der Waals surface area contributed by atoms with Crippen molar-refractivity contribution in [3.05, 3.63) is 29.8 Å². The molecule has 0 saturated carbocycles. The smallest absolute Gasteiger partial charge is 0.0205 e. The van der Waals surface area contributed by atoms with Crippen LogP contribution in [-0.2, 0) is 6.54 Å². The van der Waals surface area contributed by atoms with E-state index >= 15 is 0 Å². The fourth-order valence-electron chi connectivity index (χ4n) is 1.65. The number of hydrogen-bond donors (Lipinski definition) is 1. The van der Waals surface area contributed by atoms with E-state index in [0.29, 0.717) is 0 Å². The van der Waals surface area contributed by atoms with Gasteiger partial charge in [-0.1, -0.05) is 38.3 Å². The van der Waals surface area contributed by atoms with E-state index in [0.717, 1.165) is 13.1 Å². The summed E-state index contributed by atoms with van der Waals surface area (Å²) in [6.07, 6.45) is 7.45. The number of thioether (sulfide) groups is 1. The van der Waals surface area contributed by atoms with Crippen LogP contribution in [0.3, 0.4) is 0 Å². The highest BCUT2D eigenvalue weighted by Gasteiger charge is 1.93. The van der Waals surface area contributed by atoms with Crippen LogP contribution in [0.1, 0.15) is 38.2 Å². The lowest BCUT2D eigenvalue weighted by atomic mass is 10.2. The minimum Gasteiger partial charge on any atom is -0.313 e. The molecule has 1 nitrogen and oxygen atoms in total. The fourth-order valence-corrected chi connectivity index (χ4v) is 2.06. The van der Waals surface area contributed by atoms with Crippen LogP contribution >= 0.6 is 11.8 Å². The van der Waals surface area contributed by atoms with Crippen LogP contribution in [0.25, 0.3) is 0 Å². The van der Waals surface area contributed by atoms with Crippen molar-refractivity contribution in [1.82, 2.24) is 5.32 Å². The standard InChI is InChI=1S/C14H23NS/c1-3-4-5-6-11-15-12-13-7-9-14(16-2)10-8-13/h7-10,15H,3-6,11-12H2,1-2H3. The zero-order valence-corrected chi connectivity index (χ0v) is 11.3. The first-order chi connectivity index (χ1) is 7.86. The molecule has 90 valence electrons. The number of nitrogens with one attached hydrogen (secondary N) is 1. The van der Waals surface area contributed by atoms with Crippen molar-refractivity contribution in [3.8, 4) is 0 Å². The second-order valence-corrected chi connectivity index (χ2v) is 4.97. The molecule has 0 aliphatic rings. The molecule has 0 aliphatic carbocycles. The van der Waals surface area contributed by atoms with Crippen LogP contribution in [0.5, 0.6) is 0 Å². The predicted molar refractivity (Wildman–Crippen MR) is 74.1 cm³/mol.